The van der Waals surface area contributed by atoms with Crippen molar-refractivity contribution in [2.24, 2.45) is 0 Å². The number of aromatic nitrogens is 1. The third-order valence-electron chi connectivity index (χ3n) is 4.70. The Morgan fingerprint density at radius 3 is 2.70 bits per heavy atom. The number of amides is 1. The molecule has 2 N–H and O–H groups in total. The van der Waals surface area contributed by atoms with Crippen LogP contribution in [0.1, 0.15) is 32.1 Å². The minimum atomic E-state index is -0.195. The van der Waals surface area contributed by atoms with Gasteiger partial charge in [0, 0.05) is 17.5 Å². The van der Waals surface area contributed by atoms with Crippen LogP contribution in [0.3, 0.4) is 0 Å². The monoisotopic (exact) mass is 375 g/mol. The Morgan fingerprint density at radius 2 is 1.96 bits per heavy atom. The Kier molecular flexibility index (Phi) is 4.97. The molecule has 3 aromatic rings. The number of hydrogen-bond donors (Lipinski definition) is 2. The fourth-order valence-corrected chi connectivity index (χ4v) is 4.36. The maximum Gasteiger partial charge on any atom is 0.257 e. The van der Waals surface area contributed by atoms with E-state index in [1.54, 1.807) is 35.6 Å². The summed E-state index contributed by atoms with van der Waals surface area (Å²) in [6, 6.07) is 19.2. The molecule has 0 aliphatic carbocycles. The van der Waals surface area contributed by atoms with Crippen molar-refractivity contribution in [3.8, 4) is 6.07 Å². The Balaban J connectivity index is 1.42. The SMILES string of the molecule is N#Cc1ccc(C(=O)Nc2nc3c(s2)C[NH+](Cc2ccccc2)CC3)cc1. The number of quaternary nitrogens is 1. The predicted octanol–water partition coefficient (Wildman–Crippen LogP) is 2.41. The summed E-state index contributed by atoms with van der Waals surface area (Å²) in [4.78, 5) is 19.8. The zero-order valence-corrected chi connectivity index (χ0v) is 15.6. The molecule has 0 spiro atoms. The van der Waals surface area contributed by atoms with E-state index in [2.05, 4.69) is 40.6 Å². The molecule has 0 radical (unpaired) electrons. The summed E-state index contributed by atoms with van der Waals surface area (Å²) in [5.41, 5.74) is 3.51. The molecular formula is C21H19N4OS+. The molecular weight excluding hydrogens is 356 g/mol. The smallest absolute Gasteiger partial charge is 0.257 e. The highest BCUT2D eigenvalue weighted by molar-refractivity contribution is 7.15. The summed E-state index contributed by atoms with van der Waals surface area (Å²) in [5, 5.41) is 12.4. The van der Waals surface area contributed by atoms with E-state index in [-0.39, 0.29) is 5.91 Å². The van der Waals surface area contributed by atoms with Crippen LogP contribution in [-0.2, 0) is 19.5 Å². The molecule has 134 valence electrons. The molecule has 5 nitrogen and oxygen atoms in total. The predicted molar refractivity (Wildman–Crippen MR) is 105 cm³/mol. The molecule has 1 atom stereocenters. The first-order valence-electron chi connectivity index (χ1n) is 8.89. The van der Waals surface area contributed by atoms with E-state index >= 15 is 0 Å². The zero-order chi connectivity index (χ0) is 18.6. The van der Waals surface area contributed by atoms with E-state index in [0.29, 0.717) is 16.3 Å². The summed E-state index contributed by atoms with van der Waals surface area (Å²) < 4.78 is 0. The molecule has 1 aliphatic rings. The first kappa shape index (κ1) is 17.4. The van der Waals surface area contributed by atoms with Gasteiger partial charge in [0.1, 0.15) is 13.1 Å². The normalized spacial score (nSPS) is 15.6. The fraction of sp³-hybridized carbons (Fsp3) is 0.190. The number of carbonyl (C=O) groups excluding carboxylic acids is 1. The van der Waals surface area contributed by atoms with Crippen LogP contribution >= 0.6 is 11.3 Å². The van der Waals surface area contributed by atoms with Gasteiger partial charge in [-0.05, 0) is 24.3 Å². The maximum absolute atomic E-state index is 12.4. The molecule has 0 saturated carbocycles. The number of benzene rings is 2. The Hall–Kier alpha value is -3.01. The van der Waals surface area contributed by atoms with Crippen LogP contribution in [-0.4, -0.2) is 17.4 Å². The molecule has 2 aromatic carbocycles. The second-order valence-corrected chi connectivity index (χ2v) is 7.70. The van der Waals surface area contributed by atoms with E-state index in [9.17, 15) is 4.79 Å². The lowest BCUT2D eigenvalue weighted by Crippen LogP contribution is -3.10. The van der Waals surface area contributed by atoms with E-state index in [4.69, 9.17) is 5.26 Å². The van der Waals surface area contributed by atoms with Gasteiger partial charge in [0.25, 0.3) is 5.91 Å². The van der Waals surface area contributed by atoms with Crippen LogP contribution in [0.4, 0.5) is 5.13 Å². The average molecular weight is 375 g/mol. The topological polar surface area (TPSA) is 70.2 Å². The van der Waals surface area contributed by atoms with Crippen LogP contribution in [0.25, 0.3) is 0 Å². The number of nitrogens with zero attached hydrogens (tertiary/aromatic N) is 2. The van der Waals surface area contributed by atoms with Crippen LogP contribution in [0.15, 0.2) is 54.6 Å². The van der Waals surface area contributed by atoms with Gasteiger partial charge in [-0.15, -0.1) is 0 Å². The minimum Gasteiger partial charge on any atom is -0.326 e. The Morgan fingerprint density at radius 1 is 1.19 bits per heavy atom. The number of rotatable bonds is 4. The number of carbonyl (C=O) groups is 1. The van der Waals surface area contributed by atoms with E-state index in [0.717, 1.165) is 31.7 Å². The van der Waals surface area contributed by atoms with Crippen molar-refractivity contribution in [2.75, 3.05) is 11.9 Å². The van der Waals surface area contributed by atoms with Crippen molar-refractivity contribution in [1.29, 1.82) is 5.26 Å². The van der Waals surface area contributed by atoms with Crippen molar-refractivity contribution in [2.45, 2.75) is 19.5 Å². The highest BCUT2D eigenvalue weighted by atomic mass is 32.1. The molecule has 2 heterocycles. The summed E-state index contributed by atoms with van der Waals surface area (Å²) in [5.74, 6) is -0.195. The van der Waals surface area contributed by atoms with Crippen molar-refractivity contribution in [3.05, 3.63) is 81.9 Å². The summed E-state index contributed by atoms with van der Waals surface area (Å²) >= 11 is 1.56. The summed E-state index contributed by atoms with van der Waals surface area (Å²) in [6.45, 7) is 2.99. The molecule has 1 aliphatic heterocycles. The van der Waals surface area contributed by atoms with Gasteiger partial charge in [-0.25, -0.2) is 4.98 Å². The first-order chi connectivity index (χ1) is 13.2. The van der Waals surface area contributed by atoms with Gasteiger partial charge in [-0.1, -0.05) is 41.7 Å². The van der Waals surface area contributed by atoms with Gasteiger partial charge in [-0.2, -0.15) is 5.26 Å². The van der Waals surface area contributed by atoms with Crippen LogP contribution in [0.5, 0.6) is 0 Å². The Labute approximate surface area is 161 Å². The van der Waals surface area contributed by atoms with E-state index < -0.39 is 0 Å². The van der Waals surface area contributed by atoms with E-state index in [1.165, 1.54) is 15.3 Å². The molecule has 1 aromatic heterocycles. The van der Waals surface area contributed by atoms with Crippen molar-refractivity contribution < 1.29 is 9.69 Å². The average Bonchev–Trinajstić information content (AvgIpc) is 3.10. The van der Waals surface area contributed by atoms with Crippen LogP contribution in [0, 0.1) is 11.3 Å². The first-order valence-corrected chi connectivity index (χ1v) is 9.70. The standard InChI is InChI=1S/C21H18N4OS/c22-12-15-6-8-17(9-7-15)20(26)24-21-23-18-10-11-25(14-19(18)27-21)13-16-4-2-1-3-5-16/h1-9H,10-11,13-14H2,(H,23,24,26)/p+1. The second kappa shape index (κ2) is 7.70. The molecule has 4 rings (SSSR count). The quantitative estimate of drug-likeness (QED) is 0.736. The summed E-state index contributed by atoms with van der Waals surface area (Å²) in [7, 11) is 0. The van der Waals surface area contributed by atoms with Gasteiger partial charge in [0.2, 0.25) is 0 Å². The van der Waals surface area contributed by atoms with Crippen molar-refractivity contribution in [1.82, 2.24) is 4.98 Å². The fourth-order valence-electron chi connectivity index (χ4n) is 3.28. The highest BCUT2D eigenvalue weighted by Crippen LogP contribution is 2.25. The molecule has 0 saturated heterocycles. The lowest BCUT2D eigenvalue weighted by atomic mass is 10.1. The lowest BCUT2D eigenvalue weighted by molar-refractivity contribution is -0.929. The minimum absolute atomic E-state index is 0.195. The maximum atomic E-state index is 12.4. The number of nitrogens with one attached hydrogen (secondary N) is 2. The van der Waals surface area contributed by atoms with Gasteiger partial charge < -0.3 is 4.90 Å². The zero-order valence-electron chi connectivity index (χ0n) is 14.7. The largest absolute Gasteiger partial charge is 0.326 e. The second-order valence-electron chi connectivity index (χ2n) is 6.62. The van der Waals surface area contributed by atoms with Gasteiger partial charge in [-0.3, -0.25) is 10.1 Å². The number of fused-ring (bicyclic) bond motifs is 1. The summed E-state index contributed by atoms with van der Waals surface area (Å²) in [6.07, 6.45) is 0.931. The molecule has 6 heteroatoms. The van der Waals surface area contributed by atoms with Gasteiger partial charge in [0.15, 0.2) is 5.13 Å². The third kappa shape index (κ3) is 4.05. The molecule has 1 unspecified atom stereocenters. The molecule has 0 bridgehead atoms. The third-order valence-corrected chi connectivity index (χ3v) is 5.71. The van der Waals surface area contributed by atoms with Crippen molar-refractivity contribution >= 4 is 22.4 Å². The molecule has 0 fully saturated rings. The number of hydrogen-bond acceptors (Lipinski definition) is 4. The number of thiazole rings is 1. The van der Waals surface area contributed by atoms with Gasteiger partial charge in [0.05, 0.1) is 28.7 Å². The Bertz CT molecular complexity index is 989. The number of anilines is 1. The van der Waals surface area contributed by atoms with E-state index in [1.807, 2.05) is 6.07 Å². The van der Waals surface area contributed by atoms with Crippen LogP contribution < -0.4 is 10.2 Å². The highest BCUT2D eigenvalue weighted by Gasteiger charge is 2.24. The number of nitriles is 1. The molecule has 1 amide bonds. The lowest BCUT2D eigenvalue weighted by Gasteiger charge is -2.22. The van der Waals surface area contributed by atoms with Gasteiger partial charge >= 0.3 is 0 Å². The molecule has 27 heavy (non-hydrogen) atoms. The van der Waals surface area contributed by atoms with Crippen LogP contribution in [0.2, 0.25) is 0 Å². The van der Waals surface area contributed by atoms with Crippen molar-refractivity contribution in [3.63, 3.8) is 0 Å².